The van der Waals surface area contributed by atoms with Gasteiger partial charge in [0, 0.05) is 24.0 Å². The Labute approximate surface area is 180 Å². The molecule has 1 aromatic heterocycles. The van der Waals surface area contributed by atoms with Gasteiger partial charge in [0.2, 0.25) is 10.0 Å². The van der Waals surface area contributed by atoms with Gasteiger partial charge in [0.05, 0.1) is 33.9 Å². The van der Waals surface area contributed by atoms with Crippen LogP contribution in [0.2, 0.25) is 0 Å². The number of hydrogen-bond donors (Lipinski definition) is 1. The highest BCUT2D eigenvalue weighted by molar-refractivity contribution is 7.92. The number of anilines is 2. The van der Waals surface area contributed by atoms with E-state index in [1.165, 1.54) is 10.4 Å². The van der Waals surface area contributed by atoms with Crippen molar-refractivity contribution in [3.63, 3.8) is 0 Å². The number of nitrogens with zero attached hydrogens (tertiary/aromatic N) is 2. The standard InChI is InChI=1S/C22H26F3N3O2S/c1-4-13-28(31(29,30)6-3)17-10-7-15(8-11-17)21-20(26)18-12-9-16(22(23,24)25)14-19(18)27(21)5-2/h7-12,14H,4-6,13,26H2,1-3H3. The first kappa shape index (κ1) is 23.0. The van der Waals surface area contributed by atoms with Crippen LogP contribution < -0.4 is 10.0 Å². The maximum absolute atomic E-state index is 13.2. The van der Waals surface area contributed by atoms with E-state index in [0.29, 0.717) is 53.0 Å². The fraction of sp³-hybridized carbons (Fsp3) is 0.364. The van der Waals surface area contributed by atoms with Crippen molar-refractivity contribution >= 4 is 32.3 Å². The van der Waals surface area contributed by atoms with Crippen molar-refractivity contribution in [1.29, 1.82) is 0 Å². The number of halogens is 3. The van der Waals surface area contributed by atoms with Crippen LogP contribution in [0.4, 0.5) is 24.5 Å². The average Bonchev–Trinajstić information content (AvgIpc) is 3.02. The van der Waals surface area contributed by atoms with Crippen molar-refractivity contribution in [3.8, 4) is 11.3 Å². The van der Waals surface area contributed by atoms with Gasteiger partial charge in [-0.05, 0) is 44.5 Å². The van der Waals surface area contributed by atoms with Gasteiger partial charge in [-0.15, -0.1) is 0 Å². The van der Waals surface area contributed by atoms with Gasteiger partial charge in [-0.3, -0.25) is 4.31 Å². The molecule has 0 spiro atoms. The first-order valence-electron chi connectivity index (χ1n) is 10.1. The molecule has 2 N–H and O–H groups in total. The normalized spacial score (nSPS) is 12.5. The van der Waals surface area contributed by atoms with E-state index in [9.17, 15) is 21.6 Å². The zero-order valence-electron chi connectivity index (χ0n) is 17.7. The number of rotatable bonds is 7. The zero-order valence-corrected chi connectivity index (χ0v) is 18.5. The second kappa shape index (κ2) is 8.45. The molecule has 0 aliphatic heterocycles. The third kappa shape index (κ3) is 4.23. The van der Waals surface area contributed by atoms with E-state index in [-0.39, 0.29) is 5.75 Å². The lowest BCUT2D eigenvalue weighted by Gasteiger charge is -2.23. The molecule has 2 aromatic carbocycles. The first-order chi connectivity index (χ1) is 14.5. The second-order valence-corrected chi connectivity index (χ2v) is 9.44. The third-order valence-electron chi connectivity index (χ3n) is 5.30. The fourth-order valence-electron chi connectivity index (χ4n) is 3.77. The molecular formula is C22H26F3N3O2S. The average molecular weight is 454 g/mol. The lowest BCUT2D eigenvalue weighted by Crippen LogP contribution is -2.32. The smallest absolute Gasteiger partial charge is 0.396 e. The molecular weight excluding hydrogens is 427 g/mol. The minimum absolute atomic E-state index is 0.00663. The van der Waals surface area contributed by atoms with Gasteiger partial charge >= 0.3 is 6.18 Å². The van der Waals surface area contributed by atoms with E-state index in [4.69, 9.17) is 5.73 Å². The topological polar surface area (TPSA) is 68.3 Å². The minimum Gasteiger partial charge on any atom is -0.396 e. The van der Waals surface area contributed by atoms with E-state index >= 15 is 0 Å². The quantitative estimate of drug-likeness (QED) is 0.514. The zero-order chi connectivity index (χ0) is 23.0. The van der Waals surface area contributed by atoms with E-state index in [1.807, 2.05) is 13.8 Å². The van der Waals surface area contributed by atoms with Crippen molar-refractivity contribution in [1.82, 2.24) is 4.57 Å². The summed E-state index contributed by atoms with van der Waals surface area (Å²) in [5, 5.41) is 0.551. The summed E-state index contributed by atoms with van der Waals surface area (Å²) in [6.45, 7) is 6.14. The third-order valence-corrected chi connectivity index (χ3v) is 7.10. The van der Waals surface area contributed by atoms with E-state index < -0.39 is 21.8 Å². The number of nitrogen functional groups attached to an aromatic ring is 1. The van der Waals surface area contributed by atoms with Gasteiger partial charge in [0.1, 0.15) is 0 Å². The Morgan fingerprint density at radius 2 is 1.68 bits per heavy atom. The summed E-state index contributed by atoms with van der Waals surface area (Å²) in [5.74, 6) is -0.00663. The molecule has 0 atom stereocenters. The van der Waals surface area contributed by atoms with Crippen molar-refractivity contribution in [2.45, 2.75) is 39.9 Å². The van der Waals surface area contributed by atoms with Crippen LogP contribution >= 0.6 is 0 Å². The molecule has 1 heterocycles. The van der Waals surface area contributed by atoms with Crippen LogP contribution in [0.1, 0.15) is 32.8 Å². The van der Waals surface area contributed by atoms with Gasteiger partial charge in [-0.2, -0.15) is 13.2 Å². The summed E-state index contributed by atoms with van der Waals surface area (Å²) >= 11 is 0. The summed E-state index contributed by atoms with van der Waals surface area (Å²) in [5.41, 5.74) is 8.28. The van der Waals surface area contributed by atoms with Gasteiger partial charge in [-0.25, -0.2) is 8.42 Å². The molecule has 0 amide bonds. The Bertz CT molecular complexity index is 1180. The maximum Gasteiger partial charge on any atom is 0.416 e. The number of hydrogen-bond acceptors (Lipinski definition) is 3. The Hall–Kier alpha value is -2.68. The highest BCUT2D eigenvalue weighted by Crippen LogP contribution is 2.39. The molecule has 5 nitrogen and oxygen atoms in total. The number of nitrogens with two attached hydrogens (primary N) is 1. The molecule has 0 aliphatic carbocycles. The molecule has 0 aliphatic rings. The summed E-state index contributed by atoms with van der Waals surface area (Å²) in [7, 11) is -3.42. The van der Waals surface area contributed by atoms with Crippen molar-refractivity contribution in [2.24, 2.45) is 0 Å². The van der Waals surface area contributed by atoms with Crippen LogP contribution in [-0.2, 0) is 22.7 Å². The molecule has 0 saturated carbocycles. The fourth-order valence-corrected chi connectivity index (χ4v) is 4.98. The molecule has 9 heteroatoms. The molecule has 0 fully saturated rings. The van der Waals surface area contributed by atoms with Crippen molar-refractivity contribution in [2.75, 3.05) is 22.3 Å². The molecule has 0 bridgehead atoms. The predicted octanol–water partition coefficient (Wildman–Crippen LogP) is 5.50. The maximum atomic E-state index is 13.2. The number of sulfonamides is 1. The highest BCUT2D eigenvalue weighted by atomic mass is 32.2. The number of fused-ring (bicyclic) bond motifs is 1. The largest absolute Gasteiger partial charge is 0.416 e. The Morgan fingerprint density at radius 1 is 1.03 bits per heavy atom. The Kier molecular flexibility index (Phi) is 6.27. The highest BCUT2D eigenvalue weighted by Gasteiger charge is 2.31. The van der Waals surface area contributed by atoms with Crippen LogP contribution in [0.5, 0.6) is 0 Å². The SMILES string of the molecule is CCCN(c1ccc(-c2c(N)c3ccc(C(F)(F)F)cc3n2CC)cc1)S(=O)(=O)CC. The van der Waals surface area contributed by atoms with Crippen molar-refractivity contribution < 1.29 is 21.6 Å². The van der Waals surface area contributed by atoms with E-state index in [0.717, 1.165) is 12.1 Å². The van der Waals surface area contributed by atoms with Crippen LogP contribution in [0.25, 0.3) is 22.2 Å². The van der Waals surface area contributed by atoms with Crippen LogP contribution in [0.15, 0.2) is 42.5 Å². The number of aryl methyl sites for hydroxylation is 1. The predicted molar refractivity (Wildman–Crippen MR) is 120 cm³/mol. The van der Waals surface area contributed by atoms with Crippen LogP contribution in [-0.4, -0.2) is 25.3 Å². The summed E-state index contributed by atoms with van der Waals surface area (Å²) in [6.07, 6.45) is -3.78. The number of alkyl halides is 3. The summed E-state index contributed by atoms with van der Waals surface area (Å²) < 4.78 is 67.6. The lowest BCUT2D eigenvalue weighted by atomic mass is 10.1. The van der Waals surface area contributed by atoms with Crippen LogP contribution in [0, 0.1) is 0 Å². The molecule has 3 rings (SSSR count). The molecule has 168 valence electrons. The van der Waals surface area contributed by atoms with Crippen molar-refractivity contribution in [3.05, 3.63) is 48.0 Å². The number of benzene rings is 2. The van der Waals surface area contributed by atoms with Crippen LogP contribution in [0.3, 0.4) is 0 Å². The molecule has 0 unspecified atom stereocenters. The Balaban J connectivity index is 2.12. The van der Waals surface area contributed by atoms with E-state index in [2.05, 4.69) is 0 Å². The molecule has 31 heavy (non-hydrogen) atoms. The Morgan fingerprint density at radius 3 is 2.19 bits per heavy atom. The van der Waals surface area contributed by atoms with Gasteiger partial charge < -0.3 is 10.3 Å². The first-order valence-corrected chi connectivity index (χ1v) is 11.8. The minimum atomic E-state index is -4.44. The summed E-state index contributed by atoms with van der Waals surface area (Å²) in [4.78, 5) is 0. The monoisotopic (exact) mass is 453 g/mol. The lowest BCUT2D eigenvalue weighted by molar-refractivity contribution is -0.137. The van der Waals surface area contributed by atoms with Gasteiger partial charge in [-0.1, -0.05) is 25.1 Å². The molecule has 0 saturated heterocycles. The molecule has 3 aromatic rings. The van der Waals surface area contributed by atoms with Gasteiger partial charge in [0.25, 0.3) is 0 Å². The second-order valence-electron chi connectivity index (χ2n) is 7.26. The number of aromatic nitrogens is 1. The van der Waals surface area contributed by atoms with Gasteiger partial charge in [0.15, 0.2) is 0 Å². The van der Waals surface area contributed by atoms with E-state index in [1.54, 1.807) is 35.8 Å². The summed E-state index contributed by atoms with van der Waals surface area (Å²) in [6, 6.07) is 10.5. The molecule has 0 radical (unpaired) electrons.